The van der Waals surface area contributed by atoms with Gasteiger partial charge in [-0.25, -0.2) is 9.59 Å². The Kier molecular flexibility index (Phi) is 6.48. The molecular formula is C19H17F2NO5. The normalized spacial score (nSPS) is 12.1. The van der Waals surface area contributed by atoms with Crippen LogP contribution in [0, 0.1) is 0 Å². The van der Waals surface area contributed by atoms with Crippen LogP contribution in [0.5, 0.6) is 0 Å². The molecule has 0 heterocycles. The van der Waals surface area contributed by atoms with Crippen LogP contribution in [0.15, 0.2) is 72.1 Å². The van der Waals surface area contributed by atoms with Crippen molar-refractivity contribution in [2.75, 3.05) is 0 Å². The molecule has 2 aromatic rings. The van der Waals surface area contributed by atoms with Crippen LogP contribution < -0.4 is 5.32 Å². The zero-order valence-corrected chi connectivity index (χ0v) is 14.1. The Labute approximate surface area is 153 Å². The van der Waals surface area contributed by atoms with Gasteiger partial charge in [0.2, 0.25) is 0 Å². The van der Waals surface area contributed by atoms with Crippen molar-refractivity contribution >= 4 is 12.1 Å². The summed E-state index contributed by atoms with van der Waals surface area (Å²) in [4.78, 5) is 22.7. The zero-order valence-electron chi connectivity index (χ0n) is 14.1. The van der Waals surface area contributed by atoms with Gasteiger partial charge in [0.05, 0.1) is 5.70 Å². The van der Waals surface area contributed by atoms with E-state index in [9.17, 15) is 23.5 Å². The molecule has 2 aromatic carbocycles. The van der Waals surface area contributed by atoms with E-state index in [1.165, 1.54) is 0 Å². The molecule has 0 radical (unpaired) electrons. The Bertz CT molecular complexity index is 823. The van der Waals surface area contributed by atoms with Gasteiger partial charge in [0.1, 0.15) is 6.61 Å². The molecule has 0 saturated carbocycles. The molecule has 0 bridgehead atoms. The van der Waals surface area contributed by atoms with Crippen LogP contribution >= 0.6 is 0 Å². The van der Waals surface area contributed by atoms with Gasteiger partial charge in [-0.2, -0.15) is 8.78 Å². The highest BCUT2D eigenvalue weighted by molar-refractivity contribution is 5.79. The third-order valence-corrected chi connectivity index (χ3v) is 3.54. The second-order valence-electron chi connectivity index (χ2n) is 5.56. The van der Waals surface area contributed by atoms with Gasteiger partial charge in [-0.1, -0.05) is 60.7 Å². The lowest BCUT2D eigenvalue weighted by molar-refractivity contribution is -0.163. The van der Waals surface area contributed by atoms with E-state index >= 15 is 0 Å². The minimum Gasteiger partial charge on any atom is -0.505 e. The summed E-state index contributed by atoms with van der Waals surface area (Å²) >= 11 is 0. The number of aliphatic hydroxyl groups excluding tert-OH is 1. The molecule has 8 heteroatoms. The maximum atomic E-state index is 13.7. The van der Waals surface area contributed by atoms with Crippen LogP contribution in [0.25, 0.3) is 0 Å². The molecule has 0 spiro atoms. The van der Waals surface area contributed by atoms with Crippen molar-refractivity contribution in [2.24, 2.45) is 0 Å². The number of hydrogen-bond acceptors (Lipinski definition) is 4. The quantitative estimate of drug-likeness (QED) is 0.640. The molecule has 1 amide bonds. The number of halogens is 2. The van der Waals surface area contributed by atoms with E-state index in [2.05, 4.69) is 0 Å². The number of benzene rings is 2. The number of alkyl halides is 2. The third-order valence-electron chi connectivity index (χ3n) is 3.54. The molecule has 0 unspecified atom stereocenters. The molecule has 0 atom stereocenters. The molecule has 0 aliphatic rings. The fraction of sp³-hybridized carbons (Fsp3) is 0.158. The first-order valence-corrected chi connectivity index (χ1v) is 7.86. The lowest BCUT2D eigenvalue weighted by Crippen LogP contribution is -2.36. The number of nitrogens with one attached hydrogen (secondary N) is 1. The number of carboxylic acid groups (broad SMARTS) is 1. The van der Waals surface area contributed by atoms with Gasteiger partial charge >= 0.3 is 18.0 Å². The molecular weight excluding hydrogens is 360 g/mol. The van der Waals surface area contributed by atoms with Crippen molar-refractivity contribution < 1.29 is 33.3 Å². The Morgan fingerprint density at radius 3 is 1.96 bits per heavy atom. The number of amides is 1. The molecule has 0 saturated heterocycles. The van der Waals surface area contributed by atoms with Crippen LogP contribution in [-0.4, -0.2) is 28.2 Å². The standard InChI is InChI=1S/C19H17F2NO5/c20-19(21,17(24)25)16(23)15(11-13-7-3-1-4-8-13)22-18(26)27-12-14-9-5-2-6-10-14/h1-10,23H,11-12H2,(H,22,26)(H,24,25). The van der Waals surface area contributed by atoms with Gasteiger partial charge in [-0.05, 0) is 11.1 Å². The molecule has 6 nitrogen and oxygen atoms in total. The van der Waals surface area contributed by atoms with Crippen LogP contribution in [0.3, 0.4) is 0 Å². The average Bonchev–Trinajstić information content (AvgIpc) is 2.66. The van der Waals surface area contributed by atoms with Gasteiger partial charge in [-0.15, -0.1) is 0 Å². The Morgan fingerprint density at radius 2 is 1.44 bits per heavy atom. The number of aliphatic hydroxyl groups is 1. The lowest BCUT2D eigenvalue weighted by atomic mass is 10.1. The third kappa shape index (κ3) is 5.53. The predicted octanol–water partition coefficient (Wildman–Crippen LogP) is 3.65. The van der Waals surface area contributed by atoms with E-state index in [-0.39, 0.29) is 13.0 Å². The summed E-state index contributed by atoms with van der Waals surface area (Å²) in [5, 5.41) is 20.4. The first-order chi connectivity index (χ1) is 12.8. The van der Waals surface area contributed by atoms with Gasteiger partial charge < -0.3 is 14.9 Å². The molecule has 27 heavy (non-hydrogen) atoms. The molecule has 3 N–H and O–H groups in total. The molecule has 2 rings (SSSR count). The van der Waals surface area contributed by atoms with Crippen molar-refractivity contribution in [3.8, 4) is 0 Å². The summed E-state index contributed by atoms with van der Waals surface area (Å²) in [5.74, 6) is -8.85. The smallest absolute Gasteiger partial charge is 0.411 e. The highest BCUT2D eigenvalue weighted by Crippen LogP contribution is 2.26. The maximum absolute atomic E-state index is 13.7. The van der Waals surface area contributed by atoms with Crippen molar-refractivity contribution in [1.82, 2.24) is 5.32 Å². The highest BCUT2D eigenvalue weighted by atomic mass is 19.3. The summed E-state index contributed by atoms with van der Waals surface area (Å²) in [7, 11) is 0. The minimum atomic E-state index is -4.56. The van der Waals surface area contributed by atoms with E-state index in [4.69, 9.17) is 9.84 Å². The summed E-state index contributed by atoms with van der Waals surface area (Å²) in [6, 6.07) is 16.7. The van der Waals surface area contributed by atoms with Gasteiger partial charge in [-0.3, -0.25) is 5.32 Å². The lowest BCUT2D eigenvalue weighted by Gasteiger charge is -2.17. The van der Waals surface area contributed by atoms with E-state index in [0.717, 1.165) is 0 Å². The number of allylic oxidation sites excluding steroid dienone is 1. The van der Waals surface area contributed by atoms with E-state index in [1.807, 2.05) is 5.32 Å². The predicted molar refractivity (Wildman–Crippen MR) is 92.1 cm³/mol. The Hall–Kier alpha value is -3.42. The first-order valence-electron chi connectivity index (χ1n) is 7.86. The molecule has 0 aliphatic carbocycles. The van der Waals surface area contributed by atoms with Crippen molar-refractivity contribution in [3.05, 3.63) is 83.2 Å². The monoisotopic (exact) mass is 377 g/mol. The number of carbonyl (C=O) groups is 2. The maximum Gasteiger partial charge on any atom is 0.411 e. The van der Waals surface area contributed by atoms with Crippen LogP contribution in [0.2, 0.25) is 0 Å². The second kappa shape index (κ2) is 8.79. The fourth-order valence-corrected chi connectivity index (χ4v) is 2.16. The van der Waals surface area contributed by atoms with Crippen molar-refractivity contribution in [2.45, 2.75) is 19.0 Å². The number of ether oxygens (including phenoxy) is 1. The van der Waals surface area contributed by atoms with Gasteiger partial charge in [0.15, 0.2) is 5.76 Å². The number of alkyl carbamates (subject to hydrolysis) is 1. The van der Waals surface area contributed by atoms with E-state index in [1.54, 1.807) is 60.7 Å². The number of aliphatic carboxylic acids is 1. The SMILES string of the molecule is O=C(NC(Cc1ccccc1)=C(O)C(F)(F)C(=O)O)OCc1ccccc1. The van der Waals surface area contributed by atoms with Gasteiger partial charge in [0, 0.05) is 6.42 Å². The molecule has 0 aromatic heterocycles. The second-order valence-corrected chi connectivity index (χ2v) is 5.56. The zero-order chi connectivity index (χ0) is 19.9. The van der Waals surface area contributed by atoms with Gasteiger partial charge in [0.25, 0.3) is 0 Å². The summed E-state index contributed by atoms with van der Waals surface area (Å²) < 4.78 is 32.3. The number of carbonyl (C=O) groups excluding carboxylic acids is 1. The largest absolute Gasteiger partial charge is 0.505 e. The Morgan fingerprint density at radius 1 is 0.926 bits per heavy atom. The minimum absolute atomic E-state index is 0.124. The topological polar surface area (TPSA) is 95.9 Å². The van der Waals surface area contributed by atoms with Crippen LogP contribution in [0.4, 0.5) is 13.6 Å². The van der Waals surface area contributed by atoms with Crippen molar-refractivity contribution in [1.29, 1.82) is 0 Å². The van der Waals surface area contributed by atoms with E-state index < -0.39 is 29.4 Å². The summed E-state index contributed by atoms with van der Waals surface area (Å²) in [6.07, 6.45) is -1.42. The van der Waals surface area contributed by atoms with E-state index in [0.29, 0.717) is 11.1 Å². The van der Waals surface area contributed by atoms with Crippen LogP contribution in [-0.2, 0) is 22.6 Å². The average molecular weight is 377 g/mol. The summed E-state index contributed by atoms with van der Waals surface area (Å²) in [5.41, 5.74) is 0.483. The first kappa shape index (κ1) is 19.9. The number of rotatable bonds is 7. The molecule has 142 valence electrons. The molecule has 0 fully saturated rings. The van der Waals surface area contributed by atoms with Crippen molar-refractivity contribution in [3.63, 3.8) is 0 Å². The Balaban J connectivity index is 2.19. The highest BCUT2D eigenvalue weighted by Gasteiger charge is 2.46. The number of hydrogen-bond donors (Lipinski definition) is 3. The number of carboxylic acids is 1. The molecule has 0 aliphatic heterocycles. The fourth-order valence-electron chi connectivity index (χ4n) is 2.16. The van der Waals surface area contributed by atoms with Crippen LogP contribution in [0.1, 0.15) is 11.1 Å². The summed E-state index contributed by atoms with van der Waals surface area (Å²) in [6.45, 7) is -0.124.